The van der Waals surface area contributed by atoms with Crippen molar-refractivity contribution in [2.75, 3.05) is 19.5 Å². The Kier molecular flexibility index (Phi) is 19.4. The van der Waals surface area contributed by atoms with Crippen LogP contribution >= 0.6 is 11.8 Å². The first kappa shape index (κ1) is 48.8. The summed E-state index contributed by atoms with van der Waals surface area (Å²) in [6, 6.07) is 15.0. The van der Waals surface area contributed by atoms with Gasteiger partial charge in [-0.2, -0.15) is 0 Å². The van der Waals surface area contributed by atoms with Crippen molar-refractivity contribution in [1.82, 2.24) is 0 Å². The van der Waals surface area contributed by atoms with E-state index in [0.717, 1.165) is 46.6 Å². The van der Waals surface area contributed by atoms with Crippen LogP contribution in [0, 0.1) is 0 Å². The predicted octanol–water partition coefficient (Wildman–Crippen LogP) is -1.53. The molecule has 2 aliphatic rings. The summed E-state index contributed by atoms with van der Waals surface area (Å²) in [5.41, 5.74) is -1.34. The number of ether oxygens (including phenoxy) is 9. The summed E-state index contributed by atoms with van der Waals surface area (Å²) < 4.78 is 92.1. The maximum atomic E-state index is 13.4. The van der Waals surface area contributed by atoms with Crippen LogP contribution in [0.25, 0.3) is 0 Å². The Morgan fingerprint density at radius 2 is 1.11 bits per heavy atom. The average Bonchev–Trinajstić information content (AvgIpc) is 3.13. The minimum Gasteiger partial charge on any atom is -0.726 e. The van der Waals surface area contributed by atoms with Crippen LogP contribution in [0.4, 0.5) is 0 Å². The van der Waals surface area contributed by atoms with Crippen molar-refractivity contribution in [3.05, 3.63) is 71.8 Å². The molecule has 0 bridgehead atoms. The van der Waals surface area contributed by atoms with Crippen molar-refractivity contribution in [3.8, 4) is 0 Å². The van der Waals surface area contributed by atoms with Crippen molar-refractivity contribution in [3.63, 3.8) is 0 Å². The largest absolute Gasteiger partial charge is 1.00 e. The fraction of sp³-hybridized carbons (Fsp3) is 0.486. The zero-order valence-electron chi connectivity index (χ0n) is 31.5. The van der Waals surface area contributed by atoms with Gasteiger partial charge in [0.15, 0.2) is 36.8 Å². The molecular formula is C35H39CsO19S2. The molecule has 2 aromatic carbocycles. The number of esters is 6. The number of carbonyl (C=O) groups excluding carboxylic acids is 6. The number of thioether (sulfide) groups is 1. The molecular weight excluding hydrogens is 921 g/mol. The molecule has 306 valence electrons. The molecule has 0 aromatic heterocycles. The summed E-state index contributed by atoms with van der Waals surface area (Å²) >= 11 is 0.738. The second-order valence-electron chi connectivity index (χ2n) is 12.1. The van der Waals surface area contributed by atoms with Crippen molar-refractivity contribution in [2.45, 2.75) is 88.3 Å². The van der Waals surface area contributed by atoms with Gasteiger partial charge in [-0.3, -0.25) is 23.4 Å². The monoisotopic (exact) mass is 960 g/mol. The van der Waals surface area contributed by atoms with Crippen LogP contribution in [0.1, 0.15) is 48.4 Å². The first-order valence-corrected chi connectivity index (χ1v) is 19.1. The predicted molar refractivity (Wildman–Crippen MR) is 186 cm³/mol. The molecule has 0 amide bonds. The molecule has 57 heavy (non-hydrogen) atoms. The molecule has 4 rings (SSSR count). The van der Waals surface area contributed by atoms with E-state index in [-0.39, 0.29) is 80.0 Å². The summed E-state index contributed by atoms with van der Waals surface area (Å²) in [4.78, 5) is 75.2. The molecule has 0 radical (unpaired) electrons. The van der Waals surface area contributed by atoms with Gasteiger partial charge in [-0.15, -0.1) is 11.8 Å². The van der Waals surface area contributed by atoms with Gasteiger partial charge in [0.05, 0.1) is 11.1 Å². The molecule has 0 spiro atoms. The molecule has 19 nitrogen and oxygen atoms in total. The van der Waals surface area contributed by atoms with E-state index in [2.05, 4.69) is 0 Å². The van der Waals surface area contributed by atoms with Crippen molar-refractivity contribution < 1.29 is 157 Å². The molecule has 22 heteroatoms. The van der Waals surface area contributed by atoms with Crippen LogP contribution in [-0.4, -0.2) is 129 Å². The van der Waals surface area contributed by atoms with E-state index in [9.17, 15) is 41.7 Å². The van der Waals surface area contributed by atoms with E-state index >= 15 is 0 Å². The van der Waals surface area contributed by atoms with Gasteiger partial charge in [-0.25, -0.2) is 18.0 Å². The fourth-order valence-corrected chi connectivity index (χ4v) is 7.53. The third kappa shape index (κ3) is 14.6. The van der Waals surface area contributed by atoms with Crippen LogP contribution in [0.2, 0.25) is 0 Å². The zero-order chi connectivity index (χ0) is 41.2. The summed E-state index contributed by atoms with van der Waals surface area (Å²) in [5.74, 6) is -5.81. The number of hydrogen-bond acceptors (Lipinski definition) is 20. The maximum Gasteiger partial charge on any atom is 1.00 e. The molecule has 2 aromatic rings. The molecule has 0 aliphatic carbocycles. The van der Waals surface area contributed by atoms with Gasteiger partial charge in [0.25, 0.3) is 0 Å². The number of methoxy groups -OCH3 is 1. The van der Waals surface area contributed by atoms with E-state index in [1.165, 1.54) is 36.4 Å². The number of rotatable bonds is 15. The van der Waals surface area contributed by atoms with Crippen LogP contribution in [0.5, 0.6) is 0 Å². The van der Waals surface area contributed by atoms with E-state index in [1.54, 1.807) is 24.3 Å². The third-order valence-electron chi connectivity index (χ3n) is 7.93. The van der Waals surface area contributed by atoms with Crippen molar-refractivity contribution >= 4 is 58.0 Å². The van der Waals surface area contributed by atoms with E-state index in [4.69, 9.17) is 46.8 Å². The maximum absolute atomic E-state index is 13.4. The summed E-state index contributed by atoms with van der Waals surface area (Å²) in [5, 5.41) is 0. The molecule has 2 saturated heterocycles. The molecule has 10 atom stereocenters. The van der Waals surface area contributed by atoms with Crippen LogP contribution in [-0.2, 0) is 76.4 Å². The number of carbonyl (C=O) groups is 6. The van der Waals surface area contributed by atoms with Crippen molar-refractivity contribution in [1.29, 1.82) is 0 Å². The Balaban J connectivity index is 0.00000870. The standard InChI is InChI=1S/C35H40O19S2.Cs/c1-18(36)46-16-24-26(47-19(2)37)28(48-20(3)38)31(49-21(4)39)35(51-24)55-17-25-27(54-56(42,43)44)29(52-32(40)22-12-8-6-9-13-22)30(34(45-5)50-25)53-33(41)23-14-10-7-11-15-23;/h6-15,24-31,34-35H,16-17H2,1-5H3,(H,42,43,44);/q;+1/p-1/t24-,25-,26-,27-,28+,29+,30-,31-,34+,35+;/m1./s1. The summed E-state index contributed by atoms with van der Waals surface area (Å²) in [7, 11) is -4.47. The Labute approximate surface area is 390 Å². The van der Waals surface area contributed by atoms with E-state index in [1.807, 2.05) is 0 Å². The van der Waals surface area contributed by atoms with Gasteiger partial charge in [0.2, 0.25) is 10.4 Å². The Bertz CT molecular complexity index is 1810. The van der Waals surface area contributed by atoms with Gasteiger partial charge in [-0.05, 0) is 24.3 Å². The first-order valence-electron chi connectivity index (χ1n) is 16.7. The van der Waals surface area contributed by atoms with Crippen molar-refractivity contribution in [2.24, 2.45) is 0 Å². The normalized spacial score (nSPS) is 27.1. The van der Waals surface area contributed by atoms with Crippen LogP contribution in [0.3, 0.4) is 0 Å². The number of hydrogen-bond donors (Lipinski definition) is 0. The topological polar surface area (TPSA) is 252 Å². The summed E-state index contributed by atoms with van der Waals surface area (Å²) in [6.07, 6.45) is -14.7. The fourth-order valence-electron chi connectivity index (χ4n) is 5.76. The van der Waals surface area contributed by atoms with E-state index in [0.29, 0.717) is 0 Å². The van der Waals surface area contributed by atoms with Gasteiger partial charge >= 0.3 is 105 Å². The molecule has 2 aliphatic heterocycles. The van der Waals surface area contributed by atoms with Crippen LogP contribution < -0.4 is 68.9 Å². The van der Waals surface area contributed by atoms with Crippen LogP contribution in [0.15, 0.2) is 60.7 Å². The van der Waals surface area contributed by atoms with Gasteiger partial charge in [-0.1, -0.05) is 36.4 Å². The SMILES string of the molecule is CO[C@H]1O[C@H](CS[C@@H]2O[C@H](COC(C)=O)[C@@H](OC(C)=O)[C@H](OC(C)=O)[C@H]2OC(C)=O)[C@@H](OS(=O)(=O)[O-])[C@H](OC(=O)c2ccccc2)[C@H]1OC(=O)c1ccccc1.[Cs+]. The minimum atomic E-state index is -5.62. The molecule has 0 saturated carbocycles. The van der Waals surface area contributed by atoms with Gasteiger partial charge in [0.1, 0.15) is 30.4 Å². The van der Waals surface area contributed by atoms with Gasteiger partial charge in [0, 0.05) is 40.6 Å². The Morgan fingerprint density at radius 1 is 0.632 bits per heavy atom. The first-order chi connectivity index (χ1) is 26.5. The molecule has 0 unspecified atom stereocenters. The average molecular weight is 961 g/mol. The van der Waals surface area contributed by atoms with E-state index < -0.39 is 119 Å². The van der Waals surface area contributed by atoms with Gasteiger partial charge < -0.3 is 47.2 Å². The minimum absolute atomic E-state index is 0. The molecule has 2 heterocycles. The third-order valence-corrected chi connectivity index (χ3v) is 9.62. The Hall–Kier alpha value is -2.59. The quantitative estimate of drug-likeness (QED) is 0.0850. The zero-order valence-corrected chi connectivity index (χ0v) is 39.4. The molecule has 2 fully saturated rings. The Morgan fingerprint density at radius 3 is 1.58 bits per heavy atom. The second-order valence-corrected chi connectivity index (χ2v) is 14.3. The summed E-state index contributed by atoms with van der Waals surface area (Å²) in [6.45, 7) is 3.70. The smallest absolute Gasteiger partial charge is 0.726 e. The number of benzene rings is 2. The molecule has 0 N–H and O–H groups in total. The second kappa shape index (κ2) is 22.7.